The Morgan fingerprint density at radius 3 is 1.20 bits per heavy atom. The summed E-state index contributed by atoms with van der Waals surface area (Å²) >= 11 is 0. The number of ether oxygens (including phenoxy) is 4. The molecule has 0 radical (unpaired) electrons. The maximum Gasteiger partial charge on any atom is 0.495 e. The van der Waals surface area contributed by atoms with Crippen LogP contribution in [0.15, 0.2) is 180 Å². The molecule has 0 atom stereocenters. The van der Waals surface area contributed by atoms with Crippen LogP contribution in [0.1, 0.15) is 196 Å². The largest absolute Gasteiger partial charge is 0.495 e. The zero-order chi connectivity index (χ0) is 90.9. The first kappa shape index (κ1) is 93.4. The van der Waals surface area contributed by atoms with Crippen molar-refractivity contribution in [2.45, 2.75) is 183 Å². The molecule has 1 saturated heterocycles. The number of hydrogen-bond donors (Lipinski definition) is 5. The molecule has 0 unspecified atom stereocenters. The monoisotopic (exact) mass is 1710 g/mol. The van der Waals surface area contributed by atoms with E-state index in [1.165, 1.54) is 39.7 Å². The van der Waals surface area contributed by atoms with Gasteiger partial charge >= 0.3 is 19.1 Å². The van der Waals surface area contributed by atoms with Crippen molar-refractivity contribution in [2.24, 2.45) is 14.1 Å². The van der Waals surface area contributed by atoms with E-state index in [4.69, 9.17) is 28.3 Å². The Hall–Kier alpha value is -11.7. The van der Waals surface area contributed by atoms with E-state index < -0.39 is 24.3 Å². The summed E-state index contributed by atoms with van der Waals surface area (Å²) in [6, 6.07) is 46.5. The van der Waals surface area contributed by atoms with E-state index in [1.807, 2.05) is 143 Å². The van der Waals surface area contributed by atoms with Gasteiger partial charge in [0.2, 0.25) is 0 Å². The number of rotatable bonds is 25. The van der Waals surface area contributed by atoms with Crippen LogP contribution in [0.5, 0.6) is 0 Å². The Morgan fingerprint density at radius 1 is 0.476 bits per heavy atom. The third-order valence-electron chi connectivity index (χ3n) is 23.8. The Labute approximate surface area is 739 Å². The Bertz CT molecular complexity index is 5790. The van der Waals surface area contributed by atoms with Gasteiger partial charge in [-0.2, -0.15) is 0 Å². The quantitative estimate of drug-likeness (QED) is 0.0202. The zero-order valence-electron chi connectivity index (χ0n) is 76.2. The number of hydrogen-bond acceptors (Lipinski definition) is 20. The lowest BCUT2D eigenvalue weighted by Gasteiger charge is -2.32. The maximum atomic E-state index is 13.9. The van der Waals surface area contributed by atoms with E-state index >= 15 is 0 Å². The van der Waals surface area contributed by atoms with Crippen molar-refractivity contribution < 1.29 is 57.3 Å². The first-order chi connectivity index (χ1) is 59.8. The standard InChI is InChI=1S/C37H43N5O5.C35H41N5O4.C28H36BNO5/c1-24(43)47-23-31-29(8-7-9-33(31)42-16-14-26-18-28(37(2,3)4)11-12-30(26)35(42)44)27-19-32(36(45)41(5)22-27)40-34-13-10-25(21-39-34)20-38-15-17-46-6;1-35(2,3)26-10-11-28-24(17-26)13-15-40(33(28)42)31-8-6-7-27(29(31)22-41)25-18-30(34(43)39(4)21-25)38-32-12-9-23(20-37-32)19-36-14-16-44-5;1-18(31)33-17-22-23(29-34-27(5,6)28(7,8)35-29)10-9-11-24(22)30-15-14-19-16-20(26(2,3)4)12-13-21(19)25(30)32/h7-13,18-19,21-22,38H,14-17,20,23H2,1-6H3,(H,39,40);6-12,17-18,20-21,36,41H,13-16,19,22H2,1-5H3,(H,37,38);9-13,16H,14-15,17H2,1-8H3. The molecule has 10 aromatic rings. The molecule has 662 valence electrons. The Balaban J connectivity index is 0.000000174. The van der Waals surface area contributed by atoms with E-state index in [1.54, 1.807) is 79.9 Å². The third-order valence-corrected chi connectivity index (χ3v) is 23.8. The second kappa shape index (κ2) is 39.4. The number of amides is 3. The minimum Gasteiger partial charge on any atom is -0.461 e. The Kier molecular flexibility index (Phi) is 29.2. The van der Waals surface area contributed by atoms with E-state index in [0.29, 0.717) is 120 Å². The summed E-state index contributed by atoms with van der Waals surface area (Å²) in [6.07, 6.45) is 9.19. The molecule has 0 saturated carbocycles. The van der Waals surface area contributed by atoms with Crippen molar-refractivity contribution in [1.29, 1.82) is 0 Å². The highest BCUT2D eigenvalue weighted by Gasteiger charge is 2.53. The molecule has 8 heterocycles. The number of methoxy groups -OCH3 is 2. The second-order valence-corrected chi connectivity index (χ2v) is 36.6. The molecular weight excluding hydrogens is 1590 g/mol. The van der Waals surface area contributed by atoms with E-state index in [9.17, 15) is 38.7 Å². The van der Waals surface area contributed by atoms with Crippen LogP contribution in [0.3, 0.4) is 0 Å². The zero-order valence-corrected chi connectivity index (χ0v) is 76.2. The van der Waals surface area contributed by atoms with Crippen LogP contribution < -0.4 is 52.5 Å². The average Bonchev–Trinajstić information content (AvgIpc) is 1.75. The second-order valence-electron chi connectivity index (χ2n) is 36.6. The fraction of sp³-hybridized carbons (Fsp3) is 0.390. The number of aliphatic hydroxyl groups is 1. The fourth-order valence-corrected chi connectivity index (χ4v) is 15.8. The highest BCUT2D eigenvalue weighted by atomic mass is 16.7. The summed E-state index contributed by atoms with van der Waals surface area (Å²) in [6.45, 7) is 35.6. The lowest BCUT2D eigenvalue weighted by atomic mass is 9.75. The van der Waals surface area contributed by atoms with Gasteiger partial charge < -0.3 is 78.5 Å². The summed E-state index contributed by atoms with van der Waals surface area (Å²) in [7, 11) is 6.08. The minimum absolute atomic E-state index is 0.00182. The van der Waals surface area contributed by atoms with Crippen LogP contribution >= 0.6 is 0 Å². The van der Waals surface area contributed by atoms with Crippen LogP contribution in [0, 0.1) is 0 Å². The van der Waals surface area contributed by atoms with Gasteiger partial charge in [0.1, 0.15) is 36.2 Å². The van der Waals surface area contributed by atoms with Crippen molar-refractivity contribution in [3.05, 3.63) is 269 Å². The number of aromatic nitrogens is 4. The molecule has 5 N–H and O–H groups in total. The summed E-state index contributed by atoms with van der Waals surface area (Å²) in [4.78, 5) is 106. The summed E-state index contributed by atoms with van der Waals surface area (Å²) < 4.78 is 36.7. The molecule has 14 rings (SSSR count). The van der Waals surface area contributed by atoms with Gasteiger partial charge in [0, 0.05) is 157 Å². The first-order valence-corrected chi connectivity index (χ1v) is 43.0. The summed E-state index contributed by atoms with van der Waals surface area (Å²) in [5, 5.41) is 23.5. The number of pyridine rings is 4. The molecule has 4 aliphatic rings. The predicted molar refractivity (Wildman–Crippen MR) is 497 cm³/mol. The molecule has 26 heteroatoms. The fourth-order valence-electron chi connectivity index (χ4n) is 15.8. The van der Waals surface area contributed by atoms with Crippen LogP contribution in [-0.4, -0.2) is 132 Å². The van der Waals surface area contributed by atoms with Gasteiger partial charge in [-0.25, -0.2) is 9.97 Å². The van der Waals surface area contributed by atoms with Gasteiger partial charge in [0.05, 0.1) is 48.1 Å². The normalized spacial score (nSPS) is 14.7. The first-order valence-electron chi connectivity index (χ1n) is 43.0. The topological polar surface area (TPSA) is 289 Å². The van der Waals surface area contributed by atoms with Crippen molar-refractivity contribution in [2.75, 3.05) is 85.5 Å². The molecule has 6 aromatic carbocycles. The number of benzene rings is 6. The lowest BCUT2D eigenvalue weighted by molar-refractivity contribution is -0.143. The van der Waals surface area contributed by atoms with Gasteiger partial charge in [-0.3, -0.25) is 33.6 Å². The van der Waals surface area contributed by atoms with Crippen molar-refractivity contribution >= 4 is 82.3 Å². The third kappa shape index (κ3) is 21.7. The van der Waals surface area contributed by atoms with Gasteiger partial charge in [0.15, 0.2) is 0 Å². The predicted octanol–water partition coefficient (Wildman–Crippen LogP) is 15.0. The van der Waals surface area contributed by atoms with Crippen molar-refractivity contribution in [1.82, 2.24) is 29.7 Å². The number of anilines is 7. The number of nitrogens with one attached hydrogen (secondary N) is 4. The Morgan fingerprint density at radius 2 is 0.841 bits per heavy atom. The van der Waals surface area contributed by atoms with Crippen LogP contribution in [0.25, 0.3) is 22.3 Å². The van der Waals surface area contributed by atoms with Gasteiger partial charge in [-0.05, 0) is 185 Å². The average molecular weight is 1710 g/mol. The molecule has 4 aliphatic heterocycles. The highest BCUT2D eigenvalue weighted by Crippen LogP contribution is 2.42. The SMILES string of the molecule is CC(=O)OCc1c(B2OC(C)(C)C(C)(C)O2)cccc1N1CCc2cc(C(C)(C)C)ccc2C1=O.COCCNCc1ccc(Nc2cc(-c3cccc(N4CCc5cc(C(C)(C)C)ccc5C4=O)c3CO)cn(C)c2=O)nc1.COCCNCc1ccc(Nc2cc(-c3cccc(N4CCc5cc(C(C)(C)C)ccc5C4=O)c3COC(C)=O)cn(C)c2=O)nc1. The molecule has 0 bridgehead atoms. The number of nitrogens with zero attached hydrogens (tertiary/aromatic N) is 7. The lowest BCUT2D eigenvalue weighted by Crippen LogP contribution is -2.42. The van der Waals surface area contributed by atoms with E-state index in [-0.39, 0.29) is 70.9 Å². The minimum atomic E-state index is -0.632. The summed E-state index contributed by atoms with van der Waals surface area (Å²) in [5.74, 6) is 0.0294. The molecule has 126 heavy (non-hydrogen) atoms. The van der Waals surface area contributed by atoms with Gasteiger partial charge in [-0.15, -0.1) is 0 Å². The number of carbonyl (C=O) groups excluding carboxylic acids is 5. The van der Waals surface area contributed by atoms with E-state index in [0.717, 1.165) is 87.0 Å². The van der Waals surface area contributed by atoms with Crippen LogP contribution in [0.4, 0.5) is 40.1 Å². The van der Waals surface area contributed by atoms with E-state index in [2.05, 4.69) is 112 Å². The van der Waals surface area contributed by atoms with Crippen molar-refractivity contribution in [3.63, 3.8) is 0 Å². The highest BCUT2D eigenvalue weighted by molar-refractivity contribution is 6.63. The molecule has 0 spiro atoms. The van der Waals surface area contributed by atoms with Crippen molar-refractivity contribution in [3.8, 4) is 22.3 Å². The number of esters is 2. The van der Waals surface area contributed by atoms with Crippen LogP contribution in [-0.2, 0) is 120 Å². The molecule has 1 fully saturated rings. The van der Waals surface area contributed by atoms with Crippen LogP contribution in [0.2, 0.25) is 0 Å². The number of fused-ring (bicyclic) bond motifs is 3. The number of aryl methyl sites for hydroxylation is 2. The molecule has 3 amide bonds. The molecular formula is C100H120BN11O14. The molecule has 25 nitrogen and oxygen atoms in total. The van der Waals surface area contributed by atoms with Gasteiger partial charge in [-0.1, -0.05) is 147 Å². The summed E-state index contributed by atoms with van der Waals surface area (Å²) in [5.41, 5.74) is 17.9. The number of carbonyl (C=O) groups is 5. The van der Waals surface area contributed by atoms with Gasteiger partial charge in [0.25, 0.3) is 28.8 Å². The smallest absolute Gasteiger partial charge is 0.461 e. The molecule has 0 aliphatic carbocycles. The number of aliphatic hydroxyl groups excluding tert-OH is 1. The molecule has 4 aromatic heterocycles. The maximum absolute atomic E-state index is 13.9.